The Morgan fingerprint density at radius 3 is 2.93 bits per heavy atom. The van der Waals surface area contributed by atoms with E-state index >= 15 is 0 Å². The Morgan fingerprint density at radius 2 is 2.21 bits per heavy atom. The molecule has 2 atom stereocenters. The fourth-order valence-corrected chi connectivity index (χ4v) is 2.51. The second-order valence-electron chi connectivity index (χ2n) is 4.39. The molecule has 2 nitrogen and oxygen atoms in total. The summed E-state index contributed by atoms with van der Waals surface area (Å²) in [5.41, 5.74) is 0. The van der Waals surface area contributed by atoms with Crippen LogP contribution in [0.15, 0.2) is 12.2 Å². The van der Waals surface area contributed by atoms with E-state index in [4.69, 9.17) is 5.26 Å². The number of piperidine rings is 1. The molecule has 2 rings (SSSR count). The van der Waals surface area contributed by atoms with Crippen LogP contribution in [0.2, 0.25) is 0 Å². The molecular weight excluding hydrogens is 172 g/mol. The van der Waals surface area contributed by atoms with Gasteiger partial charge < -0.3 is 0 Å². The minimum Gasteiger partial charge on any atom is -0.296 e. The van der Waals surface area contributed by atoms with Gasteiger partial charge in [0.15, 0.2) is 0 Å². The molecule has 1 fully saturated rings. The van der Waals surface area contributed by atoms with Crippen LogP contribution in [0.25, 0.3) is 0 Å². The van der Waals surface area contributed by atoms with Gasteiger partial charge in [0.2, 0.25) is 0 Å². The fraction of sp³-hybridized carbons (Fsp3) is 0.750. The van der Waals surface area contributed by atoms with Gasteiger partial charge in [0.1, 0.15) is 0 Å². The first-order chi connectivity index (χ1) is 6.90. The van der Waals surface area contributed by atoms with Crippen molar-refractivity contribution in [2.75, 3.05) is 13.1 Å². The van der Waals surface area contributed by atoms with Gasteiger partial charge in [0.25, 0.3) is 0 Å². The van der Waals surface area contributed by atoms with E-state index in [-0.39, 0.29) is 5.92 Å². The number of nitriles is 1. The first kappa shape index (κ1) is 9.73. The van der Waals surface area contributed by atoms with E-state index in [1.165, 1.54) is 32.2 Å². The second kappa shape index (κ2) is 4.61. The summed E-state index contributed by atoms with van der Waals surface area (Å²) in [5, 5.41) is 8.91. The minimum absolute atomic E-state index is 0.277. The van der Waals surface area contributed by atoms with Crippen molar-refractivity contribution in [3.8, 4) is 6.07 Å². The van der Waals surface area contributed by atoms with Crippen LogP contribution in [0.3, 0.4) is 0 Å². The third-order valence-electron chi connectivity index (χ3n) is 3.33. The van der Waals surface area contributed by atoms with Gasteiger partial charge in [-0.05, 0) is 38.6 Å². The quantitative estimate of drug-likeness (QED) is 0.593. The highest BCUT2D eigenvalue weighted by Crippen LogP contribution is 2.23. The van der Waals surface area contributed by atoms with Crippen LogP contribution in [0.5, 0.6) is 0 Å². The average molecular weight is 190 g/mol. The molecule has 0 radical (unpaired) electrons. The van der Waals surface area contributed by atoms with Crippen molar-refractivity contribution >= 4 is 0 Å². The highest BCUT2D eigenvalue weighted by atomic mass is 15.2. The summed E-state index contributed by atoms with van der Waals surface area (Å²) in [6.07, 6.45) is 10.8. The van der Waals surface area contributed by atoms with Crippen LogP contribution in [-0.4, -0.2) is 24.0 Å². The molecule has 1 aliphatic carbocycles. The van der Waals surface area contributed by atoms with Crippen LogP contribution >= 0.6 is 0 Å². The summed E-state index contributed by atoms with van der Waals surface area (Å²) in [5.74, 6) is 0.277. The second-order valence-corrected chi connectivity index (χ2v) is 4.39. The van der Waals surface area contributed by atoms with Gasteiger partial charge in [0, 0.05) is 12.6 Å². The van der Waals surface area contributed by atoms with Crippen molar-refractivity contribution in [2.24, 2.45) is 5.92 Å². The van der Waals surface area contributed by atoms with Crippen molar-refractivity contribution in [1.82, 2.24) is 4.90 Å². The van der Waals surface area contributed by atoms with Gasteiger partial charge in [-0.1, -0.05) is 12.2 Å². The number of hydrogen-bond donors (Lipinski definition) is 0. The maximum atomic E-state index is 8.91. The van der Waals surface area contributed by atoms with Crippen LogP contribution in [0.1, 0.15) is 32.1 Å². The van der Waals surface area contributed by atoms with E-state index in [0.717, 1.165) is 13.0 Å². The smallest absolute Gasteiger partial charge is 0.0669 e. The zero-order valence-corrected chi connectivity index (χ0v) is 8.65. The van der Waals surface area contributed by atoms with Crippen molar-refractivity contribution in [2.45, 2.75) is 38.1 Å². The lowest BCUT2D eigenvalue weighted by Crippen LogP contribution is -2.42. The van der Waals surface area contributed by atoms with Crippen molar-refractivity contribution in [3.63, 3.8) is 0 Å². The lowest BCUT2D eigenvalue weighted by molar-refractivity contribution is 0.156. The molecule has 1 heterocycles. The summed E-state index contributed by atoms with van der Waals surface area (Å²) in [6.45, 7) is 2.18. The Hall–Kier alpha value is -0.810. The molecule has 0 aromatic rings. The van der Waals surface area contributed by atoms with Gasteiger partial charge in [-0.3, -0.25) is 4.90 Å². The zero-order chi connectivity index (χ0) is 9.80. The van der Waals surface area contributed by atoms with Crippen molar-refractivity contribution in [1.29, 1.82) is 5.26 Å². The van der Waals surface area contributed by atoms with Gasteiger partial charge in [-0.15, -0.1) is 0 Å². The molecule has 2 aliphatic rings. The monoisotopic (exact) mass is 190 g/mol. The molecule has 1 saturated heterocycles. The molecule has 0 amide bonds. The Kier molecular flexibility index (Phi) is 3.21. The Morgan fingerprint density at radius 1 is 1.29 bits per heavy atom. The summed E-state index contributed by atoms with van der Waals surface area (Å²) in [4.78, 5) is 2.49. The van der Waals surface area contributed by atoms with E-state index in [1.807, 2.05) is 0 Å². The molecule has 76 valence electrons. The normalized spacial score (nSPS) is 33.9. The molecule has 0 N–H and O–H groups in total. The third-order valence-corrected chi connectivity index (χ3v) is 3.33. The SMILES string of the molecule is N#CC1CCCN(C2C=CCCC2)C1. The molecule has 0 aromatic heterocycles. The third kappa shape index (κ3) is 2.16. The highest BCUT2D eigenvalue weighted by molar-refractivity contribution is 5.01. The molecule has 0 spiro atoms. The largest absolute Gasteiger partial charge is 0.296 e. The summed E-state index contributed by atoms with van der Waals surface area (Å²) < 4.78 is 0. The molecule has 14 heavy (non-hydrogen) atoms. The molecule has 2 heteroatoms. The Bertz CT molecular complexity index is 252. The molecule has 0 saturated carbocycles. The predicted octanol–water partition coefficient (Wildman–Crippen LogP) is 2.33. The van der Waals surface area contributed by atoms with Crippen LogP contribution < -0.4 is 0 Å². The number of rotatable bonds is 1. The predicted molar refractivity (Wildman–Crippen MR) is 56.7 cm³/mol. The maximum absolute atomic E-state index is 8.91. The number of hydrogen-bond acceptors (Lipinski definition) is 2. The van der Waals surface area contributed by atoms with Crippen LogP contribution in [-0.2, 0) is 0 Å². The molecule has 2 unspecified atom stereocenters. The number of allylic oxidation sites excluding steroid dienone is 1. The van der Waals surface area contributed by atoms with Gasteiger partial charge in [-0.2, -0.15) is 5.26 Å². The number of likely N-dealkylation sites (tertiary alicyclic amines) is 1. The highest BCUT2D eigenvalue weighted by Gasteiger charge is 2.24. The molecule has 0 aromatic carbocycles. The Labute approximate surface area is 86.2 Å². The van der Waals surface area contributed by atoms with Gasteiger partial charge in [0.05, 0.1) is 12.0 Å². The number of nitrogens with zero attached hydrogens (tertiary/aromatic N) is 2. The fourth-order valence-electron chi connectivity index (χ4n) is 2.51. The van der Waals surface area contributed by atoms with E-state index in [2.05, 4.69) is 23.1 Å². The van der Waals surface area contributed by atoms with Crippen molar-refractivity contribution < 1.29 is 0 Å². The summed E-state index contributed by atoms with van der Waals surface area (Å²) in [7, 11) is 0. The summed E-state index contributed by atoms with van der Waals surface area (Å²) in [6, 6.07) is 3.03. The van der Waals surface area contributed by atoms with Crippen LogP contribution in [0, 0.1) is 17.2 Å². The molecule has 1 aliphatic heterocycles. The minimum atomic E-state index is 0.277. The van der Waals surface area contributed by atoms with E-state index in [1.54, 1.807) is 0 Å². The molecule has 0 bridgehead atoms. The lowest BCUT2D eigenvalue weighted by Gasteiger charge is -2.36. The van der Waals surface area contributed by atoms with E-state index in [0.29, 0.717) is 6.04 Å². The lowest BCUT2D eigenvalue weighted by atomic mass is 9.94. The van der Waals surface area contributed by atoms with Crippen molar-refractivity contribution in [3.05, 3.63) is 12.2 Å². The topological polar surface area (TPSA) is 27.0 Å². The first-order valence-corrected chi connectivity index (χ1v) is 5.70. The molecular formula is C12H18N2. The van der Waals surface area contributed by atoms with Gasteiger partial charge in [-0.25, -0.2) is 0 Å². The maximum Gasteiger partial charge on any atom is 0.0669 e. The van der Waals surface area contributed by atoms with E-state index < -0.39 is 0 Å². The zero-order valence-electron chi connectivity index (χ0n) is 8.65. The first-order valence-electron chi connectivity index (χ1n) is 5.70. The standard InChI is InChI=1S/C12H18N2/c13-9-11-5-4-8-14(10-11)12-6-2-1-3-7-12/h2,6,11-12H,1,3-5,7-8,10H2. The Balaban J connectivity index is 1.93. The average Bonchev–Trinajstić information content (AvgIpc) is 2.30. The summed E-state index contributed by atoms with van der Waals surface area (Å²) >= 11 is 0. The van der Waals surface area contributed by atoms with Gasteiger partial charge >= 0.3 is 0 Å². The van der Waals surface area contributed by atoms with E-state index in [9.17, 15) is 0 Å². The van der Waals surface area contributed by atoms with Crippen LogP contribution in [0.4, 0.5) is 0 Å².